The molecule has 3 rings (SSSR count). The summed E-state index contributed by atoms with van der Waals surface area (Å²) in [5.74, 6) is -0.356. The Bertz CT molecular complexity index is 814. The minimum atomic E-state index is -0.389. The van der Waals surface area contributed by atoms with Gasteiger partial charge in [-0.15, -0.1) is 0 Å². The van der Waals surface area contributed by atoms with Gasteiger partial charge in [-0.2, -0.15) is 0 Å². The highest BCUT2D eigenvalue weighted by Crippen LogP contribution is 2.28. The highest BCUT2D eigenvalue weighted by molar-refractivity contribution is 9.10. The van der Waals surface area contributed by atoms with E-state index in [9.17, 15) is 9.59 Å². The minimum Gasteiger partial charge on any atom is -0.376 e. The zero-order valence-electron chi connectivity index (χ0n) is 15.3. The van der Waals surface area contributed by atoms with Crippen molar-refractivity contribution in [2.75, 3.05) is 13.2 Å². The number of fused-ring (bicyclic) bond motifs is 1. The van der Waals surface area contributed by atoms with Crippen molar-refractivity contribution in [3.63, 3.8) is 0 Å². The van der Waals surface area contributed by atoms with Crippen LogP contribution in [0.5, 0.6) is 0 Å². The van der Waals surface area contributed by atoms with Crippen LogP contribution in [0.25, 0.3) is 0 Å². The fourth-order valence-electron chi connectivity index (χ4n) is 3.42. The number of amides is 2. The van der Waals surface area contributed by atoms with Crippen molar-refractivity contribution < 1.29 is 14.3 Å². The summed E-state index contributed by atoms with van der Waals surface area (Å²) in [7, 11) is 0. The summed E-state index contributed by atoms with van der Waals surface area (Å²) in [6, 6.07) is 3.76. The zero-order valence-corrected chi connectivity index (χ0v) is 16.9. The van der Waals surface area contributed by atoms with Gasteiger partial charge >= 0.3 is 0 Å². The second kappa shape index (κ2) is 7.84. The van der Waals surface area contributed by atoms with Crippen molar-refractivity contribution in [3.8, 4) is 0 Å². The lowest BCUT2D eigenvalue weighted by atomic mass is 9.95. The molecule has 0 aliphatic carbocycles. The largest absolute Gasteiger partial charge is 0.376 e. The molecule has 26 heavy (non-hydrogen) atoms. The normalized spacial score (nSPS) is 22.8. The Morgan fingerprint density at radius 2 is 2.15 bits per heavy atom. The molecule has 1 N–H and O–H groups in total. The average molecular weight is 419 g/mol. The van der Waals surface area contributed by atoms with E-state index in [1.165, 1.54) is 0 Å². The number of benzene rings is 1. The van der Waals surface area contributed by atoms with Gasteiger partial charge in [-0.05, 0) is 55.5 Å². The Morgan fingerprint density at radius 1 is 1.38 bits per heavy atom. The van der Waals surface area contributed by atoms with Crippen LogP contribution in [-0.2, 0) is 22.6 Å². The predicted octanol–water partition coefficient (Wildman–Crippen LogP) is 3.45. The number of carbonyl (C=O) groups excluding carboxylic acids is 2. The van der Waals surface area contributed by atoms with Crippen LogP contribution < -0.4 is 5.32 Å². The van der Waals surface area contributed by atoms with Crippen molar-refractivity contribution in [3.05, 3.63) is 44.9 Å². The number of ether oxygens (including phenoxy) is 1. The van der Waals surface area contributed by atoms with Crippen LogP contribution in [0, 0.1) is 11.8 Å². The number of hydrogen-bond acceptors (Lipinski definition) is 3. The molecule has 0 bridgehead atoms. The van der Waals surface area contributed by atoms with Crippen molar-refractivity contribution >= 4 is 33.5 Å². The molecule has 138 valence electrons. The van der Waals surface area contributed by atoms with Gasteiger partial charge < -0.3 is 10.1 Å². The Morgan fingerprint density at radius 3 is 2.88 bits per heavy atom. The second-order valence-electron chi connectivity index (χ2n) is 7.16. The van der Waals surface area contributed by atoms with E-state index in [0.717, 1.165) is 34.2 Å². The number of carbonyl (C=O) groups is 2. The third-order valence-electron chi connectivity index (χ3n) is 4.80. The van der Waals surface area contributed by atoms with Gasteiger partial charge in [0.25, 0.3) is 11.8 Å². The van der Waals surface area contributed by atoms with Crippen LogP contribution in [-0.4, -0.2) is 30.7 Å². The number of dihydropyridines is 1. The van der Waals surface area contributed by atoms with Gasteiger partial charge in [0.15, 0.2) is 0 Å². The first kappa shape index (κ1) is 19.0. The number of nitrogens with one attached hydrogen (secondary N) is 1. The summed E-state index contributed by atoms with van der Waals surface area (Å²) < 4.78 is 6.58. The molecule has 0 fully saturated rings. The SMILES string of the molecule is CC1=CC(C)=NC(=O)C1CNC(=O)c1cc(Br)c2c(c1)CC(C)COC2. The summed E-state index contributed by atoms with van der Waals surface area (Å²) in [4.78, 5) is 28.7. The van der Waals surface area contributed by atoms with E-state index in [1.54, 1.807) is 6.92 Å². The number of hydrogen-bond donors (Lipinski definition) is 1. The van der Waals surface area contributed by atoms with Crippen molar-refractivity contribution in [2.45, 2.75) is 33.8 Å². The number of allylic oxidation sites excluding steroid dienone is 1. The first-order chi connectivity index (χ1) is 12.3. The smallest absolute Gasteiger partial charge is 0.254 e. The maximum absolute atomic E-state index is 12.6. The Labute approximate surface area is 162 Å². The van der Waals surface area contributed by atoms with Crippen LogP contribution >= 0.6 is 15.9 Å². The monoisotopic (exact) mass is 418 g/mol. The number of nitrogens with zero attached hydrogens (tertiary/aromatic N) is 1. The summed E-state index contributed by atoms with van der Waals surface area (Å²) in [6.45, 7) is 7.37. The molecule has 0 saturated heterocycles. The third-order valence-corrected chi connectivity index (χ3v) is 5.51. The molecule has 2 heterocycles. The molecule has 2 aliphatic heterocycles. The predicted molar refractivity (Wildman–Crippen MR) is 104 cm³/mol. The van der Waals surface area contributed by atoms with E-state index >= 15 is 0 Å². The molecule has 0 saturated carbocycles. The molecule has 1 aromatic rings. The van der Waals surface area contributed by atoms with E-state index in [2.05, 4.69) is 33.2 Å². The summed E-state index contributed by atoms with van der Waals surface area (Å²) in [5, 5.41) is 2.88. The fourth-order valence-corrected chi connectivity index (χ4v) is 4.03. The standard InChI is InChI=1S/C20H23BrN2O3/c1-11-4-14-6-15(7-18(21)17(14)10-26-9-11)19(24)22-8-16-12(2)5-13(3)23-20(16)25/h5-7,11,16H,4,8-10H2,1-3H3,(H,22,24). The van der Waals surface area contributed by atoms with Crippen LogP contribution in [0.15, 0.2) is 33.2 Å². The molecule has 6 heteroatoms. The lowest BCUT2D eigenvalue weighted by Crippen LogP contribution is -2.34. The number of rotatable bonds is 3. The number of halogens is 1. The Hall–Kier alpha value is -1.79. The molecule has 0 aromatic heterocycles. The molecule has 1 aromatic carbocycles. The van der Waals surface area contributed by atoms with Gasteiger partial charge in [0.1, 0.15) is 0 Å². The van der Waals surface area contributed by atoms with Gasteiger partial charge in [0, 0.05) is 28.9 Å². The first-order valence-electron chi connectivity index (χ1n) is 8.79. The van der Waals surface area contributed by atoms with E-state index in [1.807, 2.05) is 25.1 Å². The van der Waals surface area contributed by atoms with Crippen molar-refractivity contribution in [1.29, 1.82) is 0 Å². The first-order valence-corrected chi connectivity index (χ1v) is 9.59. The second-order valence-corrected chi connectivity index (χ2v) is 8.02. The van der Waals surface area contributed by atoms with Crippen LogP contribution in [0.2, 0.25) is 0 Å². The van der Waals surface area contributed by atoms with Crippen molar-refractivity contribution in [2.24, 2.45) is 16.8 Å². The quantitative estimate of drug-likeness (QED) is 0.816. The molecular weight excluding hydrogens is 396 g/mol. The molecule has 2 atom stereocenters. The fraction of sp³-hybridized carbons (Fsp3) is 0.450. The van der Waals surface area contributed by atoms with Crippen LogP contribution in [0.4, 0.5) is 0 Å². The van der Waals surface area contributed by atoms with Crippen molar-refractivity contribution in [1.82, 2.24) is 5.32 Å². The molecule has 5 nitrogen and oxygen atoms in total. The molecule has 2 amide bonds. The minimum absolute atomic E-state index is 0.182. The highest BCUT2D eigenvalue weighted by Gasteiger charge is 2.25. The van der Waals surface area contributed by atoms with E-state index in [0.29, 0.717) is 23.8 Å². The van der Waals surface area contributed by atoms with Crippen LogP contribution in [0.3, 0.4) is 0 Å². The van der Waals surface area contributed by atoms with E-state index in [-0.39, 0.29) is 24.3 Å². The Balaban J connectivity index is 1.74. The van der Waals surface area contributed by atoms with Gasteiger partial charge in [-0.1, -0.05) is 28.4 Å². The van der Waals surface area contributed by atoms with E-state index in [4.69, 9.17) is 4.74 Å². The summed E-state index contributed by atoms with van der Waals surface area (Å²) >= 11 is 3.57. The highest BCUT2D eigenvalue weighted by atomic mass is 79.9. The molecule has 2 aliphatic rings. The lowest BCUT2D eigenvalue weighted by molar-refractivity contribution is -0.120. The Kier molecular flexibility index (Phi) is 5.73. The van der Waals surface area contributed by atoms with Gasteiger partial charge in [0.05, 0.1) is 12.5 Å². The van der Waals surface area contributed by atoms with Gasteiger partial charge in [-0.3, -0.25) is 9.59 Å². The summed E-state index contributed by atoms with van der Waals surface area (Å²) in [5.41, 5.74) is 4.48. The average Bonchev–Trinajstić information content (AvgIpc) is 2.74. The molecule has 2 unspecified atom stereocenters. The molecular formula is C20H23BrN2O3. The van der Waals surface area contributed by atoms with Crippen LogP contribution in [0.1, 0.15) is 42.3 Å². The third kappa shape index (κ3) is 4.13. The topological polar surface area (TPSA) is 67.8 Å². The van der Waals surface area contributed by atoms with Gasteiger partial charge in [0.2, 0.25) is 0 Å². The summed E-state index contributed by atoms with van der Waals surface area (Å²) in [6.07, 6.45) is 2.77. The zero-order chi connectivity index (χ0) is 18.8. The maximum atomic E-state index is 12.6. The maximum Gasteiger partial charge on any atom is 0.254 e. The van der Waals surface area contributed by atoms with E-state index < -0.39 is 0 Å². The van der Waals surface area contributed by atoms with Gasteiger partial charge in [-0.25, -0.2) is 4.99 Å². The molecule has 0 spiro atoms. The number of aliphatic imine (C=N–C) groups is 1. The lowest BCUT2D eigenvalue weighted by Gasteiger charge is -2.19. The molecule has 0 radical (unpaired) electrons.